The van der Waals surface area contributed by atoms with Gasteiger partial charge in [0.2, 0.25) is 29.5 Å². The third-order valence-corrected chi connectivity index (χ3v) is 8.45. The molecule has 5 amide bonds. The highest BCUT2D eigenvalue weighted by atomic mass is 16.2. The first-order valence-corrected chi connectivity index (χ1v) is 12.7. The topological polar surface area (TPSA) is 151 Å². The van der Waals surface area contributed by atoms with Crippen molar-refractivity contribution in [1.82, 2.24) is 20.9 Å². The number of primary amides is 1. The number of nitrogens with one attached hydrogen (secondary N) is 3. The second-order valence-electron chi connectivity index (χ2n) is 12.4. The third kappa shape index (κ3) is 4.89. The Morgan fingerprint density at radius 2 is 1.77 bits per heavy atom. The van der Waals surface area contributed by atoms with Crippen molar-refractivity contribution in [2.24, 2.45) is 40.2 Å². The molecule has 0 radical (unpaired) electrons. The molecular weight excluding hydrogens is 450 g/mol. The van der Waals surface area contributed by atoms with Crippen molar-refractivity contribution in [3.63, 3.8) is 0 Å². The van der Waals surface area contributed by atoms with Crippen molar-refractivity contribution in [3.8, 4) is 0 Å². The van der Waals surface area contributed by atoms with Crippen LogP contribution in [0, 0.1) is 34.5 Å². The maximum Gasteiger partial charge on any atom is 0.246 e. The fourth-order valence-corrected chi connectivity index (χ4v) is 5.89. The zero-order valence-electron chi connectivity index (χ0n) is 21.3. The van der Waals surface area contributed by atoms with Crippen molar-refractivity contribution in [2.45, 2.75) is 78.4 Å². The van der Waals surface area contributed by atoms with Crippen LogP contribution >= 0.6 is 0 Å². The molecule has 0 spiro atoms. The Labute approximate surface area is 206 Å². The molecule has 4 rings (SSSR count). The van der Waals surface area contributed by atoms with Crippen LogP contribution in [0.1, 0.15) is 60.3 Å². The van der Waals surface area contributed by atoms with Crippen LogP contribution in [0.2, 0.25) is 0 Å². The molecule has 2 heterocycles. The van der Waals surface area contributed by atoms with E-state index in [1.54, 1.807) is 4.90 Å². The standard InChI is InChI=1S/C25H39N5O5/c1-24(2,3)18(29-21(33)12-6-7-12)23(35)30-11-14-16(25(14,4)5)17(30)22(34)28-15(19(26)31)10-13-8-9-27-20(13)32/h12-18H,6-11H2,1-5H3,(H2,26,31)(H,27,32)(H,28,34)(H,29,33)/t13-,14-,15-,16-,17-,18+/m0/s1. The lowest BCUT2D eigenvalue weighted by Crippen LogP contribution is -2.60. The third-order valence-electron chi connectivity index (χ3n) is 8.45. The number of nitrogens with zero attached hydrogens (tertiary/aromatic N) is 1. The van der Waals surface area contributed by atoms with Gasteiger partial charge in [0.05, 0.1) is 0 Å². The van der Waals surface area contributed by atoms with E-state index in [4.69, 9.17) is 5.73 Å². The van der Waals surface area contributed by atoms with Gasteiger partial charge in [-0.2, -0.15) is 0 Å². The normalized spacial score (nSPS) is 30.7. The highest BCUT2D eigenvalue weighted by Gasteiger charge is 2.70. The van der Waals surface area contributed by atoms with Crippen LogP contribution in [0.15, 0.2) is 0 Å². The Balaban J connectivity index is 1.53. The van der Waals surface area contributed by atoms with Crippen molar-refractivity contribution in [1.29, 1.82) is 0 Å². The molecule has 2 aliphatic carbocycles. The van der Waals surface area contributed by atoms with Gasteiger partial charge in [0.15, 0.2) is 0 Å². The number of fused-ring (bicyclic) bond motifs is 1. The molecule has 2 saturated carbocycles. The van der Waals surface area contributed by atoms with Gasteiger partial charge in [0.25, 0.3) is 0 Å². The quantitative estimate of drug-likeness (QED) is 0.376. The molecule has 0 aromatic carbocycles. The molecule has 0 aromatic heterocycles. The van der Waals surface area contributed by atoms with Gasteiger partial charge in [-0.05, 0) is 48.3 Å². The fraction of sp³-hybridized carbons (Fsp3) is 0.800. The number of nitrogens with two attached hydrogens (primary N) is 1. The Kier molecular flexibility index (Phi) is 6.38. The first kappa shape index (κ1) is 25.4. The summed E-state index contributed by atoms with van der Waals surface area (Å²) in [6.45, 7) is 10.8. The van der Waals surface area contributed by atoms with Crippen LogP contribution in [-0.2, 0) is 24.0 Å². The fourth-order valence-electron chi connectivity index (χ4n) is 5.89. The predicted molar refractivity (Wildman–Crippen MR) is 127 cm³/mol. The van der Waals surface area contributed by atoms with E-state index in [-0.39, 0.29) is 53.2 Å². The van der Waals surface area contributed by atoms with Gasteiger partial charge in [-0.15, -0.1) is 0 Å². The minimum atomic E-state index is -0.998. The van der Waals surface area contributed by atoms with E-state index in [0.717, 1.165) is 12.8 Å². The minimum Gasteiger partial charge on any atom is -0.368 e. The molecule has 2 saturated heterocycles. The smallest absolute Gasteiger partial charge is 0.246 e. The molecule has 35 heavy (non-hydrogen) atoms. The maximum absolute atomic E-state index is 13.8. The SMILES string of the molecule is CC(C)(C)[C@H](NC(=O)C1CC1)C(=O)N1C[C@H]2[C@@H]([C@H]1C(=O)N[C@@H](C[C@@H]1CCNC1=O)C(N)=O)C2(C)C. The number of carbonyl (C=O) groups is 5. The molecule has 6 atom stereocenters. The molecule has 10 nitrogen and oxygen atoms in total. The van der Waals surface area contributed by atoms with E-state index in [1.807, 2.05) is 20.8 Å². The Morgan fingerprint density at radius 1 is 1.11 bits per heavy atom. The maximum atomic E-state index is 13.8. The van der Waals surface area contributed by atoms with E-state index in [9.17, 15) is 24.0 Å². The number of hydrogen-bond acceptors (Lipinski definition) is 5. The molecule has 0 bridgehead atoms. The van der Waals surface area contributed by atoms with E-state index >= 15 is 0 Å². The number of rotatable bonds is 8. The van der Waals surface area contributed by atoms with Crippen LogP contribution in [-0.4, -0.2) is 65.7 Å². The minimum absolute atomic E-state index is 0.0400. The molecule has 0 unspecified atom stereocenters. The van der Waals surface area contributed by atoms with Crippen molar-refractivity contribution in [3.05, 3.63) is 0 Å². The van der Waals surface area contributed by atoms with Crippen LogP contribution in [0.4, 0.5) is 0 Å². The second-order valence-corrected chi connectivity index (χ2v) is 12.4. The summed E-state index contributed by atoms with van der Waals surface area (Å²) in [5.41, 5.74) is 4.93. The summed E-state index contributed by atoms with van der Waals surface area (Å²) in [6, 6.07) is -2.52. The Morgan fingerprint density at radius 3 is 2.29 bits per heavy atom. The van der Waals surface area contributed by atoms with Gasteiger partial charge in [-0.3, -0.25) is 24.0 Å². The summed E-state index contributed by atoms with van der Waals surface area (Å²) >= 11 is 0. The molecule has 10 heteroatoms. The summed E-state index contributed by atoms with van der Waals surface area (Å²) in [6.07, 6.45) is 2.38. The first-order chi connectivity index (χ1) is 16.2. The summed E-state index contributed by atoms with van der Waals surface area (Å²) in [5.74, 6) is -1.99. The molecule has 5 N–H and O–H groups in total. The Hall–Kier alpha value is -2.65. The highest BCUT2D eigenvalue weighted by Crippen LogP contribution is 2.65. The molecule has 194 valence electrons. The van der Waals surface area contributed by atoms with Crippen molar-refractivity contribution >= 4 is 29.5 Å². The van der Waals surface area contributed by atoms with Crippen LogP contribution in [0.5, 0.6) is 0 Å². The number of hydrogen-bond donors (Lipinski definition) is 4. The number of amides is 5. The molecule has 4 aliphatic rings. The Bertz CT molecular complexity index is 937. The average molecular weight is 490 g/mol. The molecule has 4 fully saturated rings. The van der Waals surface area contributed by atoms with Crippen LogP contribution in [0.3, 0.4) is 0 Å². The molecule has 2 aliphatic heterocycles. The zero-order valence-corrected chi connectivity index (χ0v) is 21.3. The predicted octanol–water partition coefficient (Wildman–Crippen LogP) is -0.0934. The first-order valence-electron chi connectivity index (χ1n) is 12.7. The van der Waals surface area contributed by atoms with E-state index in [0.29, 0.717) is 19.5 Å². The lowest BCUT2D eigenvalue weighted by atomic mass is 9.85. The number of likely N-dealkylation sites (tertiary alicyclic amines) is 1. The largest absolute Gasteiger partial charge is 0.368 e. The second kappa shape index (κ2) is 8.78. The average Bonchev–Trinajstić information content (AvgIpc) is 3.57. The lowest BCUT2D eigenvalue weighted by Gasteiger charge is -2.38. The summed E-state index contributed by atoms with van der Waals surface area (Å²) in [7, 11) is 0. The van der Waals surface area contributed by atoms with Crippen LogP contribution in [0.25, 0.3) is 0 Å². The molecule has 0 aromatic rings. The van der Waals surface area contributed by atoms with Crippen molar-refractivity contribution < 1.29 is 24.0 Å². The highest BCUT2D eigenvalue weighted by molar-refractivity contribution is 5.96. The van der Waals surface area contributed by atoms with E-state index in [1.165, 1.54) is 0 Å². The van der Waals surface area contributed by atoms with E-state index in [2.05, 4.69) is 29.8 Å². The van der Waals surface area contributed by atoms with Gasteiger partial charge in [0.1, 0.15) is 18.1 Å². The van der Waals surface area contributed by atoms with Gasteiger partial charge < -0.3 is 26.6 Å². The summed E-state index contributed by atoms with van der Waals surface area (Å²) in [5, 5.41) is 8.43. The van der Waals surface area contributed by atoms with Gasteiger partial charge in [-0.25, -0.2) is 0 Å². The number of carbonyl (C=O) groups excluding carboxylic acids is 5. The summed E-state index contributed by atoms with van der Waals surface area (Å²) < 4.78 is 0. The zero-order chi connectivity index (χ0) is 25.9. The van der Waals surface area contributed by atoms with Crippen molar-refractivity contribution in [2.75, 3.05) is 13.1 Å². The van der Waals surface area contributed by atoms with Crippen LogP contribution < -0.4 is 21.7 Å². The number of piperidine rings is 1. The monoisotopic (exact) mass is 489 g/mol. The van der Waals surface area contributed by atoms with Gasteiger partial charge in [-0.1, -0.05) is 34.6 Å². The summed E-state index contributed by atoms with van der Waals surface area (Å²) in [4.78, 5) is 65.6. The van der Waals surface area contributed by atoms with E-state index < -0.39 is 35.4 Å². The van der Waals surface area contributed by atoms with Gasteiger partial charge in [0, 0.05) is 24.9 Å². The lowest BCUT2D eigenvalue weighted by molar-refractivity contribution is -0.146. The van der Waals surface area contributed by atoms with Gasteiger partial charge >= 0.3 is 0 Å². The molecular formula is C25H39N5O5.